The maximum absolute atomic E-state index is 5.97. The van der Waals surface area contributed by atoms with Gasteiger partial charge in [0.05, 0.1) is 24.1 Å². The Morgan fingerprint density at radius 3 is 2.63 bits per heavy atom. The van der Waals surface area contributed by atoms with Crippen LogP contribution in [0.1, 0.15) is 22.3 Å². The summed E-state index contributed by atoms with van der Waals surface area (Å²) >= 11 is 0. The van der Waals surface area contributed by atoms with Gasteiger partial charge in [-0.2, -0.15) is 0 Å². The van der Waals surface area contributed by atoms with Crippen molar-refractivity contribution in [3.05, 3.63) is 77.4 Å². The molecule has 2 aromatic carbocycles. The van der Waals surface area contributed by atoms with E-state index >= 15 is 0 Å². The zero-order valence-corrected chi connectivity index (χ0v) is 17.2. The number of pyridine rings is 1. The number of benzene rings is 2. The van der Waals surface area contributed by atoms with Crippen molar-refractivity contribution in [1.82, 2.24) is 24.5 Å². The van der Waals surface area contributed by atoms with Crippen LogP contribution in [0.3, 0.4) is 0 Å². The Morgan fingerprint density at radius 1 is 0.900 bits per heavy atom. The number of nitrogen functional groups attached to an aromatic ring is 1. The molecule has 3 aromatic heterocycles. The SMILES string of the molecule is Cc1ccc(C)c(-c2nc3c(C)cccc3cc2Cn2cnc3c(N)ncnc32)c1. The Kier molecular flexibility index (Phi) is 4.20. The first-order chi connectivity index (χ1) is 14.5. The molecule has 0 radical (unpaired) electrons. The van der Waals surface area contributed by atoms with E-state index < -0.39 is 0 Å². The summed E-state index contributed by atoms with van der Waals surface area (Å²) in [6.45, 7) is 6.93. The molecule has 6 heteroatoms. The normalized spacial score (nSPS) is 11.4. The maximum Gasteiger partial charge on any atom is 0.165 e. The van der Waals surface area contributed by atoms with E-state index in [1.807, 2.05) is 4.57 Å². The highest BCUT2D eigenvalue weighted by molar-refractivity contribution is 5.86. The summed E-state index contributed by atoms with van der Waals surface area (Å²) in [7, 11) is 0. The number of hydrogen-bond acceptors (Lipinski definition) is 5. The number of rotatable bonds is 3. The topological polar surface area (TPSA) is 82.5 Å². The number of para-hydroxylation sites is 1. The number of aromatic nitrogens is 5. The van der Waals surface area contributed by atoms with E-state index in [1.54, 1.807) is 6.33 Å². The Bertz CT molecular complexity index is 1420. The van der Waals surface area contributed by atoms with Crippen LogP contribution in [0.5, 0.6) is 0 Å². The van der Waals surface area contributed by atoms with Crippen molar-refractivity contribution >= 4 is 27.9 Å². The van der Waals surface area contributed by atoms with Gasteiger partial charge in [0.2, 0.25) is 0 Å². The third-order valence-corrected chi connectivity index (χ3v) is 5.54. The molecule has 2 N–H and O–H groups in total. The maximum atomic E-state index is 5.97. The third-order valence-electron chi connectivity index (χ3n) is 5.54. The molecule has 0 spiro atoms. The second kappa shape index (κ2) is 6.91. The molecule has 0 bridgehead atoms. The Morgan fingerprint density at radius 2 is 1.77 bits per heavy atom. The predicted molar refractivity (Wildman–Crippen MR) is 120 cm³/mol. The van der Waals surface area contributed by atoms with Gasteiger partial charge in [0, 0.05) is 10.9 Å². The van der Waals surface area contributed by atoms with Gasteiger partial charge in [0.25, 0.3) is 0 Å². The molecule has 0 aliphatic carbocycles. The highest BCUT2D eigenvalue weighted by Crippen LogP contribution is 2.31. The third kappa shape index (κ3) is 2.97. The summed E-state index contributed by atoms with van der Waals surface area (Å²) in [6, 6.07) is 15.0. The van der Waals surface area contributed by atoms with Crippen molar-refractivity contribution in [2.45, 2.75) is 27.3 Å². The molecule has 0 aliphatic heterocycles. The van der Waals surface area contributed by atoms with Crippen molar-refractivity contribution in [2.24, 2.45) is 0 Å². The van der Waals surface area contributed by atoms with E-state index in [9.17, 15) is 0 Å². The van der Waals surface area contributed by atoms with Crippen molar-refractivity contribution < 1.29 is 0 Å². The second-order valence-electron chi connectivity index (χ2n) is 7.76. The molecule has 0 fully saturated rings. The first kappa shape index (κ1) is 18.2. The van der Waals surface area contributed by atoms with Gasteiger partial charge in [-0.1, -0.05) is 35.9 Å². The van der Waals surface area contributed by atoms with Crippen LogP contribution in [0.2, 0.25) is 0 Å². The molecule has 5 aromatic rings. The number of aryl methyl sites for hydroxylation is 3. The van der Waals surface area contributed by atoms with Crippen molar-refractivity contribution in [3.8, 4) is 11.3 Å². The molecule has 0 unspecified atom stereocenters. The monoisotopic (exact) mass is 394 g/mol. The molecular formula is C24H22N6. The van der Waals surface area contributed by atoms with Crippen LogP contribution in [0.4, 0.5) is 5.82 Å². The fourth-order valence-electron chi connectivity index (χ4n) is 3.93. The minimum Gasteiger partial charge on any atom is -0.382 e. The van der Waals surface area contributed by atoms with Crippen LogP contribution in [-0.4, -0.2) is 24.5 Å². The Hall–Kier alpha value is -3.80. The summed E-state index contributed by atoms with van der Waals surface area (Å²) in [4.78, 5) is 18.0. The van der Waals surface area contributed by atoms with Gasteiger partial charge < -0.3 is 10.3 Å². The number of nitrogens with two attached hydrogens (primary N) is 1. The van der Waals surface area contributed by atoms with Crippen molar-refractivity contribution in [2.75, 3.05) is 5.73 Å². The fourth-order valence-corrected chi connectivity index (χ4v) is 3.93. The Balaban J connectivity index is 1.75. The standard InChI is InChI=1S/C24H22N6/c1-14-7-8-15(2)19(9-14)21-18(10-17-6-4-5-16(3)20(17)29-21)11-30-13-28-22-23(25)26-12-27-24(22)30/h4-10,12-13H,11H2,1-3H3,(H2,25,26,27). The predicted octanol–water partition coefficient (Wildman–Crippen LogP) is 4.60. The average molecular weight is 394 g/mol. The number of imidazole rings is 1. The van der Waals surface area contributed by atoms with Crippen LogP contribution in [0, 0.1) is 20.8 Å². The van der Waals surface area contributed by atoms with E-state index in [-0.39, 0.29) is 0 Å². The lowest BCUT2D eigenvalue weighted by Gasteiger charge is -2.15. The molecule has 0 saturated heterocycles. The largest absolute Gasteiger partial charge is 0.382 e. The lowest BCUT2D eigenvalue weighted by atomic mass is 9.97. The van der Waals surface area contributed by atoms with Crippen LogP contribution in [-0.2, 0) is 6.54 Å². The lowest BCUT2D eigenvalue weighted by Crippen LogP contribution is -2.05. The number of hydrogen-bond donors (Lipinski definition) is 1. The lowest BCUT2D eigenvalue weighted by molar-refractivity contribution is 0.812. The average Bonchev–Trinajstić information content (AvgIpc) is 3.14. The zero-order valence-electron chi connectivity index (χ0n) is 17.2. The first-order valence-electron chi connectivity index (χ1n) is 9.89. The Labute approximate surface area is 174 Å². The van der Waals surface area contributed by atoms with Gasteiger partial charge in [-0.15, -0.1) is 0 Å². The molecule has 0 amide bonds. The molecule has 5 rings (SSSR count). The van der Waals surface area contributed by atoms with Gasteiger partial charge in [0.15, 0.2) is 11.5 Å². The molecule has 3 heterocycles. The molecule has 0 aliphatic rings. The molecule has 30 heavy (non-hydrogen) atoms. The van der Waals surface area contributed by atoms with Crippen LogP contribution in [0.15, 0.2) is 55.1 Å². The summed E-state index contributed by atoms with van der Waals surface area (Å²) in [6.07, 6.45) is 3.24. The summed E-state index contributed by atoms with van der Waals surface area (Å²) in [5, 5.41) is 1.12. The number of fused-ring (bicyclic) bond motifs is 2. The van der Waals surface area contributed by atoms with Gasteiger partial charge in [-0.3, -0.25) is 0 Å². The fraction of sp³-hybridized carbons (Fsp3) is 0.167. The van der Waals surface area contributed by atoms with E-state index in [0.29, 0.717) is 17.9 Å². The molecular weight excluding hydrogens is 372 g/mol. The van der Waals surface area contributed by atoms with Gasteiger partial charge in [0.1, 0.15) is 11.8 Å². The van der Waals surface area contributed by atoms with Crippen LogP contribution in [0.25, 0.3) is 33.3 Å². The molecule has 0 saturated carbocycles. The summed E-state index contributed by atoms with van der Waals surface area (Å²) in [5.41, 5.74) is 15.2. The molecule has 0 atom stereocenters. The molecule has 6 nitrogen and oxygen atoms in total. The first-order valence-corrected chi connectivity index (χ1v) is 9.89. The molecule has 148 valence electrons. The van der Waals surface area contributed by atoms with E-state index in [4.69, 9.17) is 10.7 Å². The number of anilines is 1. The summed E-state index contributed by atoms with van der Waals surface area (Å²) < 4.78 is 2.00. The smallest absolute Gasteiger partial charge is 0.165 e. The minimum absolute atomic E-state index is 0.390. The highest BCUT2D eigenvalue weighted by Gasteiger charge is 2.15. The van der Waals surface area contributed by atoms with E-state index in [2.05, 4.69) is 78.2 Å². The van der Waals surface area contributed by atoms with Crippen LogP contribution >= 0.6 is 0 Å². The van der Waals surface area contributed by atoms with E-state index in [0.717, 1.165) is 33.4 Å². The quantitative estimate of drug-likeness (QED) is 0.484. The highest BCUT2D eigenvalue weighted by atomic mass is 15.1. The second-order valence-corrected chi connectivity index (χ2v) is 7.76. The van der Waals surface area contributed by atoms with Gasteiger partial charge in [-0.05, 0) is 49.6 Å². The minimum atomic E-state index is 0.390. The van der Waals surface area contributed by atoms with Gasteiger partial charge in [-0.25, -0.2) is 19.9 Å². The summed E-state index contributed by atoms with van der Waals surface area (Å²) in [5.74, 6) is 0.390. The van der Waals surface area contributed by atoms with Crippen molar-refractivity contribution in [1.29, 1.82) is 0 Å². The van der Waals surface area contributed by atoms with Crippen molar-refractivity contribution in [3.63, 3.8) is 0 Å². The number of nitrogens with zero attached hydrogens (tertiary/aromatic N) is 5. The van der Waals surface area contributed by atoms with Gasteiger partial charge >= 0.3 is 0 Å². The van der Waals surface area contributed by atoms with Crippen LogP contribution < -0.4 is 5.73 Å². The van der Waals surface area contributed by atoms with E-state index in [1.165, 1.54) is 23.0 Å². The zero-order chi connectivity index (χ0) is 20.8.